The molecule has 1 aromatic rings. The maximum atomic E-state index is 12.3. The summed E-state index contributed by atoms with van der Waals surface area (Å²) in [6.07, 6.45) is 6.77. The summed E-state index contributed by atoms with van der Waals surface area (Å²) in [5, 5.41) is 6.77. The lowest BCUT2D eigenvalue weighted by atomic mass is 10.2. The standard InChI is InChI=1S/C13H22N4O2/c1-11(14-7-6-12-15-10-16-19-12)13(18)17-8-4-2-3-5-9-17/h10-11,14H,2-9H2,1H3. The Morgan fingerprint density at radius 1 is 1.42 bits per heavy atom. The van der Waals surface area contributed by atoms with E-state index in [0.717, 1.165) is 25.9 Å². The zero-order valence-electron chi connectivity index (χ0n) is 11.5. The zero-order valence-corrected chi connectivity index (χ0v) is 11.5. The van der Waals surface area contributed by atoms with E-state index in [9.17, 15) is 4.79 Å². The van der Waals surface area contributed by atoms with Crippen LogP contribution < -0.4 is 5.32 Å². The number of amides is 1. The monoisotopic (exact) mass is 266 g/mol. The number of rotatable bonds is 5. The molecule has 0 bridgehead atoms. The third-order valence-electron chi connectivity index (χ3n) is 3.48. The molecule has 0 saturated carbocycles. The zero-order chi connectivity index (χ0) is 13.5. The molecule has 6 heteroatoms. The molecular weight excluding hydrogens is 244 g/mol. The Labute approximate surface area is 113 Å². The van der Waals surface area contributed by atoms with Crippen molar-refractivity contribution in [3.8, 4) is 0 Å². The molecule has 2 heterocycles. The Hall–Kier alpha value is -1.43. The summed E-state index contributed by atoms with van der Waals surface area (Å²) in [6, 6.07) is -0.152. The molecule has 1 unspecified atom stereocenters. The van der Waals surface area contributed by atoms with Gasteiger partial charge in [-0.15, -0.1) is 0 Å². The largest absolute Gasteiger partial charge is 0.341 e. The lowest BCUT2D eigenvalue weighted by molar-refractivity contribution is -0.133. The van der Waals surface area contributed by atoms with Gasteiger partial charge in [0.15, 0.2) is 6.33 Å². The number of hydrogen-bond donors (Lipinski definition) is 1. The fourth-order valence-corrected chi connectivity index (χ4v) is 2.35. The minimum Gasteiger partial charge on any atom is -0.341 e. The number of carbonyl (C=O) groups excluding carboxylic acids is 1. The minimum absolute atomic E-state index is 0.152. The van der Waals surface area contributed by atoms with E-state index >= 15 is 0 Å². The molecular formula is C13H22N4O2. The van der Waals surface area contributed by atoms with E-state index in [2.05, 4.69) is 15.5 Å². The number of nitrogens with zero attached hydrogens (tertiary/aromatic N) is 3. The van der Waals surface area contributed by atoms with Crippen LogP contribution in [0.2, 0.25) is 0 Å². The first-order valence-corrected chi connectivity index (χ1v) is 7.05. The predicted molar refractivity (Wildman–Crippen MR) is 70.5 cm³/mol. The van der Waals surface area contributed by atoms with Gasteiger partial charge in [-0.25, -0.2) is 0 Å². The molecule has 0 radical (unpaired) electrons. The van der Waals surface area contributed by atoms with Gasteiger partial charge < -0.3 is 14.7 Å². The molecule has 2 rings (SSSR count). The topological polar surface area (TPSA) is 71.3 Å². The Morgan fingerprint density at radius 2 is 2.16 bits per heavy atom. The fraction of sp³-hybridized carbons (Fsp3) is 0.769. The van der Waals surface area contributed by atoms with Gasteiger partial charge in [-0.1, -0.05) is 18.0 Å². The van der Waals surface area contributed by atoms with E-state index in [1.807, 2.05) is 11.8 Å². The van der Waals surface area contributed by atoms with Gasteiger partial charge in [-0.05, 0) is 19.8 Å². The summed E-state index contributed by atoms with van der Waals surface area (Å²) in [5.41, 5.74) is 0. The molecule has 6 nitrogen and oxygen atoms in total. The summed E-state index contributed by atoms with van der Waals surface area (Å²) in [7, 11) is 0. The average molecular weight is 266 g/mol. The molecule has 0 spiro atoms. The Bertz CT molecular complexity index is 372. The number of aromatic nitrogens is 2. The Morgan fingerprint density at radius 3 is 2.79 bits per heavy atom. The first-order valence-electron chi connectivity index (χ1n) is 7.05. The highest BCUT2D eigenvalue weighted by Crippen LogP contribution is 2.10. The van der Waals surface area contributed by atoms with Gasteiger partial charge >= 0.3 is 0 Å². The smallest absolute Gasteiger partial charge is 0.239 e. The van der Waals surface area contributed by atoms with Crippen molar-refractivity contribution in [1.82, 2.24) is 20.4 Å². The van der Waals surface area contributed by atoms with E-state index in [1.54, 1.807) is 0 Å². The lowest BCUT2D eigenvalue weighted by Gasteiger charge is -2.24. The summed E-state index contributed by atoms with van der Waals surface area (Å²) >= 11 is 0. The maximum absolute atomic E-state index is 12.3. The third-order valence-corrected chi connectivity index (χ3v) is 3.48. The second kappa shape index (κ2) is 7.23. The van der Waals surface area contributed by atoms with Crippen molar-refractivity contribution in [3.05, 3.63) is 12.2 Å². The number of likely N-dealkylation sites (tertiary alicyclic amines) is 1. The van der Waals surface area contributed by atoms with Gasteiger partial charge in [0.05, 0.1) is 6.04 Å². The molecule has 1 aliphatic rings. The van der Waals surface area contributed by atoms with Crippen molar-refractivity contribution in [2.24, 2.45) is 0 Å². The van der Waals surface area contributed by atoms with Crippen molar-refractivity contribution in [3.63, 3.8) is 0 Å². The van der Waals surface area contributed by atoms with E-state index in [1.165, 1.54) is 19.2 Å². The number of hydrogen-bond acceptors (Lipinski definition) is 5. The summed E-state index contributed by atoms with van der Waals surface area (Å²) in [4.78, 5) is 18.2. The first kappa shape index (κ1) is 14.0. The lowest BCUT2D eigenvalue weighted by Crippen LogP contribution is -2.45. The van der Waals surface area contributed by atoms with Crippen LogP contribution in [-0.2, 0) is 11.2 Å². The van der Waals surface area contributed by atoms with Gasteiger partial charge in [-0.3, -0.25) is 4.79 Å². The van der Waals surface area contributed by atoms with E-state index in [-0.39, 0.29) is 11.9 Å². The molecule has 1 atom stereocenters. The summed E-state index contributed by atoms with van der Waals surface area (Å²) in [5.74, 6) is 0.800. The van der Waals surface area contributed by atoms with Crippen LogP contribution in [0.15, 0.2) is 10.9 Å². The maximum Gasteiger partial charge on any atom is 0.239 e. The van der Waals surface area contributed by atoms with Crippen LogP contribution in [0.3, 0.4) is 0 Å². The highest BCUT2D eigenvalue weighted by atomic mass is 16.5. The quantitative estimate of drug-likeness (QED) is 0.860. The molecule has 1 aromatic heterocycles. The van der Waals surface area contributed by atoms with Gasteiger partial charge in [0.2, 0.25) is 11.8 Å². The molecule has 0 aromatic carbocycles. The van der Waals surface area contributed by atoms with Crippen LogP contribution in [0.1, 0.15) is 38.5 Å². The van der Waals surface area contributed by atoms with Gasteiger partial charge in [0.25, 0.3) is 0 Å². The summed E-state index contributed by atoms with van der Waals surface area (Å²) in [6.45, 7) is 4.38. The molecule has 0 aliphatic carbocycles. The molecule has 1 amide bonds. The highest BCUT2D eigenvalue weighted by Gasteiger charge is 2.20. The van der Waals surface area contributed by atoms with Crippen LogP contribution in [0.4, 0.5) is 0 Å². The number of carbonyl (C=O) groups is 1. The molecule has 1 fully saturated rings. The molecule has 19 heavy (non-hydrogen) atoms. The van der Waals surface area contributed by atoms with Crippen LogP contribution >= 0.6 is 0 Å². The van der Waals surface area contributed by atoms with Gasteiger partial charge in [0.1, 0.15) is 0 Å². The first-order chi connectivity index (χ1) is 9.27. The second-order valence-corrected chi connectivity index (χ2v) is 5.00. The van der Waals surface area contributed by atoms with E-state index in [4.69, 9.17) is 4.52 Å². The van der Waals surface area contributed by atoms with E-state index in [0.29, 0.717) is 18.9 Å². The minimum atomic E-state index is -0.152. The van der Waals surface area contributed by atoms with Crippen molar-refractivity contribution >= 4 is 5.91 Å². The van der Waals surface area contributed by atoms with Crippen molar-refractivity contribution < 1.29 is 9.32 Å². The third kappa shape index (κ3) is 4.31. The fourth-order valence-electron chi connectivity index (χ4n) is 2.35. The normalized spacial score (nSPS) is 18.1. The SMILES string of the molecule is CC(NCCc1ncno1)C(=O)N1CCCCCC1. The van der Waals surface area contributed by atoms with Crippen LogP contribution in [0.25, 0.3) is 0 Å². The molecule has 1 N–H and O–H groups in total. The molecule has 1 saturated heterocycles. The summed E-state index contributed by atoms with van der Waals surface area (Å²) < 4.78 is 4.91. The van der Waals surface area contributed by atoms with Crippen LogP contribution in [0, 0.1) is 0 Å². The van der Waals surface area contributed by atoms with Gasteiger partial charge in [-0.2, -0.15) is 4.98 Å². The van der Waals surface area contributed by atoms with Gasteiger partial charge in [0, 0.05) is 26.1 Å². The molecule has 1 aliphatic heterocycles. The van der Waals surface area contributed by atoms with Crippen molar-refractivity contribution in [2.45, 2.75) is 45.1 Å². The van der Waals surface area contributed by atoms with Crippen molar-refractivity contribution in [1.29, 1.82) is 0 Å². The number of nitrogens with one attached hydrogen (secondary N) is 1. The van der Waals surface area contributed by atoms with Crippen LogP contribution in [0.5, 0.6) is 0 Å². The van der Waals surface area contributed by atoms with Crippen molar-refractivity contribution in [2.75, 3.05) is 19.6 Å². The average Bonchev–Trinajstić information content (AvgIpc) is 2.78. The Kier molecular flexibility index (Phi) is 5.32. The second-order valence-electron chi connectivity index (χ2n) is 5.00. The van der Waals surface area contributed by atoms with Crippen LogP contribution in [-0.4, -0.2) is 46.6 Å². The Balaban J connectivity index is 1.72. The van der Waals surface area contributed by atoms with E-state index < -0.39 is 0 Å². The molecule has 106 valence electrons. The predicted octanol–water partition coefficient (Wildman–Crippen LogP) is 0.993. The highest BCUT2D eigenvalue weighted by molar-refractivity contribution is 5.81.